The largest absolute Gasteiger partial charge is 0.490 e. The molecule has 2 aromatic heterocycles. The number of halogens is 1. The molecule has 2 N–H and O–H groups in total. The number of carbonyl (C=O) groups is 1. The van der Waals surface area contributed by atoms with Gasteiger partial charge in [0.2, 0.25) is 11.9 Å². The molecule has 0 bridgehead atoms. The van der Waals surface area contributed by atoms with Crippen molar-refractivity contribution in [2.24, 2.45) is 5.73 Å². The number of anilines is 1. The molecule has 140 valence electrons. The van der Waals surface area contributed by atoms with Crippen molar-refractivity contribution in [2.45, 2.75) is 25.5 Å². The van der Waals surface area contributed by atoms with Gasteiger partial charge in [-0.05, 0) is 34.1 Å². The molecule has 1 aromatic carbocycles. The van der Waals surface area contributed by atoms with E-state index in [0.29, 0.717) is 0 Å². The molecule has 7 nitrogen and oxygen atoms in total. The number of amides is 1. The van der Waals surface area contributed by atoms with E-state index >= 15 is 0 Å². The number of fused-ring (bicyclic) bond motifs is 1. The molecular weight excluding hydrogens is 410 g/mol. The number of carbonyl (C=O) groups excluding carboxylic acids is 1. The van der Waals surface area contributed by atoms with Crippen LogP contribution in [0.3, 0.4) is 0 Å². The highest BCUT2D eigenvalue weighted by atomic mass is 79.9. The molecule has 0 radical (unpaired) electrons. The van der Waals surface area contributed by atoms with Crippen molar-refractivity contribution in [1.29, 1.82) is 0 Å². The average molecular weight is 430 g/mol. The first kappa shape index (κ1) is 17.8. The molecule has 27 heavy (non-hydrogen) atoms. The summed E-state index contributed by atoms with van der Waals surface area (Å²) in [5.74, 6) is 1.23. The van der Waals surface area contributed by atoms with E-state index in [2.05, 4.69) is 30.8 Å². The Morgan fingerprint density at radius 2 is 1.96 bits per heavy atom. The van der Waals surface area contributed by atoms with Gasteiger partial charge in [-0.2, -0.15) is 0 Å². The highest BCUT2D eigenvalue weighted by Crippen LogP contribution is 2.29. The van der Waals surface area contributed by atoms with Gasteiger partial charge >= 0.3 is 0 Å². The quantitative estimate of drug-likeness (QED) is 0.673. The minimum Gasteiger partial charge on any atom is -0.490 e. The summed E-state index contributed by atoms with van der Waals surface area (Å²) in [6.45, 7) is 1.87. The molecule has 1 fully saturated rings. The maximum absolute atomic E-state index is 11.2. The molecule has 0 spiro atoms. The molecule has 1 aliphatic heterocycles. The van der Waals surface area contributed by atoms with Gasteiger partial charge in [0.25, 0.3) is 0 Å². The van der Waals surface area contributed by atoms with Crippen LogP contribution in [0, 0.1) is 0 Å². The fourth-order valence-electron chi connectivity index (χ4n) is 3.43. The summed E-state index contributed by atoms with van der Waals surface area (Å²) in [6, 6.07) is 7.86. The van der Waals surface area contributed by atoms with Crippen LogP contribution in [-0.4, -0.2) is 39.6 Å². The van der Waals surface area contributed by atoms with Crippen molar-refractivity contribution in [3.63, 3.8) is 0 Å². The Morgan fingerprint density at radius 3 is 2.67 bits per heavy atom. The van der Waals surface area contributed by atoms with Crippen molar-refractivity contribution < 1.29 is 9.53 Å². The summed E-state index contributed by atoms with van der Waals surface area (Å²) in [7, 11) is 0. The van der Waals surface area contributed by atoms with Crippen LogP contribution in [0.4, 0.5) is 5.95 Å². The SMILES string of the molecule is NC(=O)Cn1ccc2c(OC3CCN(c4ncc(Br)cn4)CC3)cccc21. The molecule has 3 aromatic rings. The first-order chi connectivity index (χ1) is 13.1. The normalized spacial score (nSPS) is 15.2. The molecule has 1 aliphatic rings. The fourth-order valence-corrected chi connectivity index (χ4v) is 3.63. The van der Waals surface area contributed by atoms with E-state index in [0.717, 1.165) is 53.0 Å². The third-order valence-corrected chi connectivity index (χ3v) is 5.13. The summed E-state index contributed by atoms with van der Waals surface area (Å²) in [5.41, 5.74) is 6.27. The number of nitrogens with zero attached hydrogens (tertiary/aromatic N) is 4. The summed E-state index contributed by atoms with van der Waals surface area (Å²) in [6.07, 6.45) is 7.35. The minimum absolute atomic E-state index is 0.141. The zero-order valence-electron chi connectivity index (χ0n) is 14.7. The number of hydrogen-bond donors (Lipinski definition) is 1. The Bertz CT molecular complexity index is 948. The number of piperidine rings is 1. The minimum atomic E-state index is -0.360. The van der Waals surface area contributed by atoms with E-state index in [1.54, 1.807) is 12.4 Å². The van der Waals surface area contributed by atoms with E-state index in [-0.39, 0.29) is 18.6 Å². The van der Waals surface area contributed by atoms with E-state index in [1.807, 2.05) is 35.0 Å². The van der Waals surface area contributed by atoms with Gasteiger partial charge in [-0.1, -0.05) is 6.07 Å². The maximum Gasteiger partial charge on any atom is 0.237 e. The van der Waals surface area contributed by atoms with Crippen LogP contribution in [0.1, 0.15) is 12.8 Å². The number of aromatic nitrogens is 3. The number of primary amides is 1. The van der Waals surface area contributed by atoms with Gasteiger partial charge in [-0.3, -0.25) is 4.79 Å². The lowest BCUT2D eigenvalue weighted by atomic mass is 10.1. The molecule has 0 unspecified atom stereocenters. The van der Waals surface area contributed by atoms with Gasteiger partial charge in [0.15, 0.2) is 0 Å². The Kier molecular flexibility index (Phi) is 4.98. The number of rotatable bonds is 5. The van der Waals surface area contributed by atoms with E-state index < -0.39 is 0 Å². The first-order valence-electron chi connectivity index (χ1n) is 8.85. The third-order valence-electron chi connectivity index (χ3n) is 4.73. The monoisotopic (exact) mass is 429 g/mol. The average Bonchev–Trinajstić information content (AvgIpc) is 3.06. The topological polar surface area (TPSA) is 86.3 Å². The van der Waals surface area contributed by atoms with Gasteiger partial charge in [0.05, 0.1) is 9.99 Å². The van der Waals surface area contributed by atoms with Gasteiger partial charge in [-0.15, -0.1) is 0 Å². The molecule has 4 rings (SSSR count). The van der Waals surface area contributed by atoms with Crippen LogP contribution in [0.25, 0.3) is 10.9 Å². The third kappa shape index (κ3) is 3.90. The van der Waals surface area contributed by atoms with Crippen molar-refractivity contribution in [2.75, 3.05) is 18.0 Å². The van der Waals surface area contributed by atoms with E-state index in [4.69, 9.17) is 10.5 Å². The van der Waals surface area contributed by atoms with E-state index in [1.165, 1.54) is 0 Å². The summed E-state index contributed by atoms with van der Waals surface area (Å²) >= 11 is 3.36. The smallest absolute Gasteiger partial charge is 0.237 e. The van der Waals surface area contributed by atoms with Crippen LogP contribution in [0.15, 0.2) is 47.3 Å². The maximum atomic E-state index is 11.2. The Labute approximate surface area is 165 Å². The number of ether oxygens (including phenoxy) is 1. The molecule has 0 saturated carbocycles. The Balaban J connectivity index is 1.44. The molecule has 1 saturated heterocycles. The summed E-state index contributed by atoms with van der Waals surface area (Å²) in [4.78, 5) is 22.1. The van der Waals surface area contributed by atoms with Crippen molar-refractivity contribution >= 4 is 38.7 Å². The summed E-state index contributed by atoms with van der Waals surface area (Å²) in [5, 5.41) is 0.998. The zero-order valence-corrected chi connectivity index (χ0v) is 16.3. The highest BCUT2D eigenvalue weighted by molar-refractivity contribution is 9.10. The second kappa shape index (κ2) is 7.56. The predicted molar refractivity (Wildman–Crippen MR) is 107 cm³/mol. The van der Waals surface area contributed by atoms with Crippen molar-refractivity contribution in [3.8, 4) is 5.75 Å². The number of benzene rings is 1. The van der Waals surface area contributed by atoms with Crippen LogP contribution in [0.5, 0.6) is 5.75 Å². The second-order valence-electron chi connectivity index (χ2n) is 6.60. The number of hydrogen-bond acceptors (Lipinski definition) is 5. The molecular formula is C19H20BrN5O2. The zero-order chi connectivity index (χ0) is 18.8. The second-order valence-corrected chi connectivity index (χ2v) is 7.52. The van der Waals surface area contributed by atoms with Gasteiger partial charge in [-0.25, -0.2) is 9.97 Å². The van der Waals surface area contributed by atoms with Gasteiger partial charge in [0.1, 0.15) is 18.4 Å². The molecule has 3 heterocycles. The van der Waals surface area contributed by atoms with Crippen LogP contribution in [0.2, 0.25) is 0 Å². The van der Waals surface area contributed by atoms with Gasteiger partial charge < -0.3 is 19.9 Å². The van der Waals surface area contributed by atoms with Crippen LogP contribution >= 0.6 is 15.9 Å². The van der Waals surface area contributed by atoms with Crippen LogP contribution < -0.4 is 15.4 Å². The Hall–Kier alpha value is -2.61. The van der Waals surface area contributed by atoms with Crippen molar-refractivity contribution in [3.05, 3.63) is 47.3 Å². The predicted octanol–water partition coefficient (Wildman–Crippen LogP) is 2.73. The fraction of sp³-hybridized carbons (Fsp3) is 0.316. The first-order valence-corrected chi connectivity index (χ1v) is 9.65. The highest BCUT2D eigenvalue weighted by Gasteiger charge is 2.23. The number of nitrogens with two attached hydrogens (primary N) is 1. The summed E-state index contributed by atoms with van der Waals surface area (Å²) < 4.78 is 9.01. The standard InChI is InChI=1S/C19H20BrN5O2/c20-13-10-22-19(23-11-13)24-7-4-14(5-8-24)27-17-3-1-2-16-15(17)6-9-25(16)12-18(21)26/h1-3,6,9-11,14H,4-5,7-8,12H2,(H2,21,26). The Morgan fingerprint density at radius 1 is 1.22 bits per heavy atom. The molecule has 0 aliphatic carbocycles. The molecule has 8 heteroatoms. The lowest BCUT2D eigenvalue weighted by Gasteiger charge is -2.32. The lowest BCUT2D eigenvalue weighted by molar-refractivity contribution is -0.118. The molecule has 0 atom stereocenters. The lowest BCUT2D eigenvalue weighted by Crippen LogP contribution is -2.39. The van der Waals surface area contributed by atoms with Crippen LogP contribution in [-0.2, 0) is 11.3 Å². The molecule has 1 amide bonds. The van der Waals surface area contributed by atoms with E-state index in [9.17, 15) is 4.79 Å². The van der Waals surface area contributed by atoms with Gasteiger partial charge in [0, 0.05) is 49.9 Å². The van der Waals surface area contributed by atoms with Crippen molar-refractivity contribution in [1.82, 2.24) is 14.5 Å².